The molecule has 1 aromatic carbocycles. The quantitative estimate of drug-likeness (QED) is 0.353. The molecule has 0 saturated heterocycles. The van der Waals surface area contributed by atoms with E-state index in [2.05, 4.69) is 15.3 Å². The van der Waals surface area contributed by atoms with Crippen LogP contribution in [0.4, 0.5) is 13.2 Å². The van der Waals surface area contributed by atoms with Gasteiger partial charge in [-0.05, 0) is 43.2 Å². The third-order valence-electron chi connectivity index (χ3n) is 4.01. The van der Waals surface area contributed by atoms with Crippen molar-refractivity contribution in [3.8, 4) is 5.75 Å². The van der Waals surface area contributed by atoms with Crippen LogP contribution in [0.3, 0.4) is 0 Å². The van der Waals surface area contributed by atoms with E-state index in [1.165, 1.54) is 0 Å². The van der Waals surface area contributed by atoms with E-state index in [0.717, 1.165) is 18.2 Å². The van der Waals surface area contributed by atoms with Crippen molar-refractivity contribution in [2.75, 3.05) is 19.7 Å². The van der Waals surface area contributed by atoms with Crippen molar-refractivity contribution in [1.29, 1.82) is 0 Å². The highest BCUT2D eigenvalue weighted by molar-refractivity contribution is 6.32. The van der Waals surface area contributed by atoms with Gasteiger partial charge in [0.1, 0.15) is 23.9 Å². The number of hydrogen-bond acceptors (Lipinski definition) is 4. The van der Waals surface area contributed by atoms with E-state index in [4.69, 9.17) is 22.1 Å². The van der Waals surface area contributed by atoms with Gasteiger partial charge in [0.25, 0.3) is 5.91 Å². The van der Waals surface area contributed by atoms with Crippen LogP contribution in [0.5, 0.6) is 5.75 Å². The van der Waals surface area contributed by atoms with Crippen LogP contribution in [0, 0.1) is 12.8 Å². The van der Waals surface area contributed by atoms with Crippen molar-refractivity contribution in [1.82, 2.24) is 10.3 Å². The summed E-state index contributed by atoms with van der Waals surface area (Å²) in [6, 6.07) is 5.98. The van der Waals surface area contributed by atoms with E-state index in [1.54, 1.807) is 19.1 Å². The van der Waals surface area contributed by atoms with Crippen LogP contribution in [-0.2, 0) is 6.18 Å². The van der Waals surface area contributed by atoms with E-state index in [1.807, 2.05) is 13.8 Å². The number of hydrogen-bond donors (Lipinski definition) is 2. The summed E-state index contributed by atoms with van der Waals surface area (Å²) in [4.78, 5) is 21.0. The van der Waals surface area contributed by atoms with E-state index in [-0.39, 0.29) is 35.7 Å². The molecule has 0 spiro atoms. The van der Waals surface area contributed by atoms with Crippen molar-refractivity contribution < 1.29 is 22.7 Å². The Morgan fingerprint density at radius 3 is 2.61 bits per heavy atom. The van der Waals surface area contributed by atoms with Gasteiger partial charge in [-0.2, -0.15) is 13.2 Å². The highest BCUT2D eigenvalue weighted by Gasteiger charge is 2.31. The summed E-state index contributed by atoms with van der Waals surface area (Å²) >= 11 is 5.84. The zero-order chi connectivity index (χ0) is 23.2. The zero-order valence-corrected chi connectivity index (χ0v) is 18.1. The fourth-order valence-electron chi connectivity index (χ4n) is 2.51. The smallest absolute Gasteiger partial charge is 0.416 e. The highest BCUT2D eigenvalue weighted by atomic mass is 35.5. The van der Waals surface area contributed by atoms with Crippen LogP contribution in [0.2, 0.25) is 5.02 Å². The third kappa shape index (κ3) is 7.43. The number of aryl methyl sites for hydroxylation is 1. The fourth-order valence-corrected chi connectivity index (χ4v) is 2.75. The number of aromatic nitrogens is 1. The number of amidine groups is 1. The van der Waals surface area contributed by atoms with Gasteiger partial charge in [0, 0.05) is 17.8 Å². The molecule has 1 aromatic heterocycles. The normalized spacial score (nSPS) is 12.2. The summed E-state index contributed by atoms with van der Waals surface area (Å²) in [6.45, 7) is 6.45. The predicted octanol–water partition coefficient (Wildman–Crippen LogP) is 4.23. The summed E-state index contributed by atoms with van der Waals surface area (Å²) in [7, 11) is 0. The number of ether oxygens (including phenoxy) is 1. The van der Waals surface area contributed by atoms with Gasteiger partial charge in [-0.3, -0.25) is 9.79 Å². The van der Waals surface area contributed by atoms with Crippen LogP contribution in [0.1, 0.15) is 41.2 Å². The number of halogens is 4. The van der Waals surface area contributed by atoms with Gasteiger partial charge >= 0.3 is 6.18 Å². The Morgan fingerprint density at radius 1 is 1.29 bits per heavy atom. The number of carbonyl (C=O) groups is 1. The van der Waals surface area contributed by atoms with Gasteiger partial charge in [-0.25, -0.2) is 4.98 Å². The first-order valence-electron chi connectivity index (χ1n) is 9.54. The summed E-state index contributed by atoms with van der Waals surface area (Å²) < 4.78 is 43.4. The number of amides is 1. The van der Waals surface area contributed by atoms with Crippen molar-refractivity contribution in [3.05, 3.63) is 57.9 Å². The monoisotopic (exact) mass is 456 g/mol. The third-order valence-corrected chi connectivity index (χ3v) is 4.30. The first kappa shape index (κ1) is 24.5. The summed E-state index contributed by atoms with van der Waals surface area (Å²) in [5, 5.41) is 2.51. The molecule has 0 bridgehead atoms. The second-order valence-electron chi connectivity index (χ2n) is 7.25. The lowest BCUT2D eigenvalue weighted by Crippen LogP contribution is -2.29. The molecular formula is C21H24ClF3N4O2. The molecule has 2 aromatic rings. The molecule has 6 nitrogen and oxygen atoms in total. The second kappa shape index (κ2) is 10.5. The number of benzene rings is 1. The lowest BCUT2D eigenvalue weighted by Gasteiger charge is -2.12. The van der Waals surface area contributed by atoms with Crippen LogP contribution >= 0.6 is 11.6 Å². The van der Waals surface area contributed by atoms with Crippen molar-refractivity contribution in [2.45, 2.75) is 26.9 Å². The van der Waals surface area contributed by atoms with Gasteiger partial charge in [-0.15, -0.1) is 0 Å². The molecule has 0 saturated carbocycles. The van der Waals surface area contributed by atoms with Crippen molar-refractivity contribution >= 4 is 23.3 Å². The van der Waals surface area contributed by atoms with Crippen LogP contribution in [0.25, 0.3) is 0 Å². The number of aliphatic imine (C=N–C) groups is 1. The van der Waals surface area contributed by atoms with E-state index >= 15 is 0 Å². The first-order chi connectivity index (χ1) is 14.5. The molecule has 3 N–H and O–H groups in total. The average molecular weight is 457 g/mol. The predicted molar refractivity (Wildman–Crippen MR) is 114 cm³/mol. The minimum atomic E-state index is -4.49. The maximum Gasteiger partial charge on any atom is 0.416 e. The maximum atomic E-state index is 12.7. The molecule has 0 fully saturated rings. The molecule has 0 atom stereocenters. The van der Waals surface area contributed by atoms with Crippen LogP contribution in [-0.4, -0.2) is 36.4 Å². The van der Waals surface area contributed by atoms with Crippen LogP contribution in [0.15, 0.2) is 35.3 Å². The zero-order valence-electron chi connectivity index (χ0n) is 17.4. The van der Waals surface area contributed by atoms with Gasteiger partial charge in [0.15, 0.2) is 0 Å². The topological polar surface area (TPSA) is 89.6 Å². The number of nitrogens with two attached hydrogens (primary N) is 1. The average Bonchev–Trinajstić information content (AvgIpc) is 2.68. The lowest BCUT2D eigenvalue weighted by molar-refractivity contribution is -0.137. The Bertz CT molecular complexity index is 962. The van der Waals surface area contributed by atoms with Crippen molar-refractivity contribution in [2.24, 2.45) is 16.6 Å². The standard InChI is InChI=1S/C21H24ClF3N4O2/c1-12(2)11-28-19(26)17-9-14(8-13(3)29-17)20(30)27-6-7-31-18-5-4-15(10-16(18)22)21(23,24)25/h4-5,8-10,12H,6-7,11H2,1-3H3,(H2,26,28)(H,27,30). The molecule has 0 aliphatic heterocycles. The fraction of sp³-hybridized carbons (Fsp3) is 0.381. The lowest BCUT2D eigenvalue weighted by atomic mass is 10.1. The minimum Gasteiger partial charge on any atom is -0.490 e. The number of pyridine rings is 1. The molecule has 10 heteroatoms. The molecule has 1 heterocycles. The maximum absolute atomic E-state index is 12.7. The van der Waals surface area contributed by atoms with E-state index in [9.17, 15) is 18.0 Å². The molecule has 0 unspecified atom stereocenters. The Labute approximate surface area is 183 Å². The molecule has 0 aliphatic carbocycles. The van der Waals surface area contributed by atoms with E-state index in [0.29, 0.717) is 29.4 Å². The summed E-state index contributed by atoms with van der Waals surface area (Å²) in [6.07, 6.45) is -4.49. The molecule has 0 radical (unpaired) electrons. The first-order valence-corrected chi connectivity index (χ1v) is 9.92. The van der Waals surface area contributed by atoms with Crippen molar-refractivity contribution in [3.63, 3.8) is 0 Å². The minimum absolute atomic E-state index is 0.0196. The van der Waals surface area contributed by atoms with Gasteiger partial charge < -0.3 is 15.8 Å². The van der Waals surface area contributed by atoms with Crippen LogP contribution < -0.4 is 15.8 Å². The Morgan fingerprint density at radius 2 is 2.00 bits per heavy atom. The Kier molecular flexibility index (Phi) is 8.27. The molecule has 168 valence electrons. The molecule has 2 rings (SSSR count). The van der Waals surface area contributed by atoms with E-state index < -0.39 is 11.7 Å². The highest BCUT2D eigenvalue weighted by Crippen LogP contribution is 2.34. The number of nitrogens with zero attached hydrogens (tertiary/aromatic N) is 2. The number of nitrogens with one attached hydrogen (secondary N) is 1. The SMILES string of the molecule is Cc1cc(C(=O)NCCOc2ccc(C(F)(F)F)cc2Cl)cc(C(N)=NCC(C)C)n1. The van der Waals surface area contributed by atoms with Gasteiger partial charge in [0.05, 0.1) is 17.1 Å². The molecule has 1 amide bonds. The Balaban J connectivity index is 1.95. The number of carbonyl (C=O) groups excluding carboxylic acids is 1. The Hall–Kier alpha value is -2.81. The summed E-state index contributed by atoms with van der Waals surface area (Å²) in [5.41, 5.74) is 6.49. The molecular weight excluding hydrogens is 433 g/mol. The second-order valence-corrected chi connectivity index (χ2v) is 7.66. The number of rotatable bonds is 8. The summed E-state index contributed by atoms with van der Waals surface area (Å²) in [5.74, 6) is 0.321. The number of alkyl halides is 3. The van der Waals surface area contributed by atoms with Gasteiger partial charge in [-0.1, -0.05) is 25.4 Å². The molecule has 31 heavy (non-hydrogen) atoms. The largest absolute Gasteiger partial charge is 0.490 e. The van der Waals surface area contributed by atoms with Gasteiger partial charge in [0.2, 0.25) is 0 Å². The molecule has 0 aliphatic rings.